The molecule has 21 N–H and O–H groups in total. The Labute approximate surface area is 432 Å². The van der Waals surface area contributed by atoms with Gasteiger partial charge in [-0.15, -0.1) is 0 Å². The van der Waals surface area contributed by atoms with Crippen molar-refractivity contribution in [1.82, 2.24) is 37.2 Å². The van der Waals surface area contributed by atoms with E-state index in [2.05, 4.69) is 42.2 Å². The first kappa shape index (κ1) is 65.1. The minimum absolute atomic E-state index is 0.00424. The van der Waals surface area contributed by atoms with Gasteiger partial charge in [0.05, 0.1) is 6.04 Å². The molecule has 0 saturated carbocycles. The summed E-state index contributed by atoms with van der Waals surface area (Å²) in [7, 11) is 0. The summed E-state index contributed by atoms with van der Waals surface area (Å²) in [5, 5.41) is 37.3. The zero-order valence-electron chi connectivity index (χ0n) is 43.1. The third-order valence-corrected chi connectivity index (χ3v) is 12.0. The SMILES string of the molecule is CC[C@H](C)[C@H](NC(=O)[C@H](CCCN=C(N)N)NC(=O)[C@H](CCCCN)NC(=O)[C@H](Cc1ccccc1)NC(=O)[C@H](CCC(=O)O)NC(=O)[C@@H](N)CCCCN)C(=O)N[C@H](C(=O)N[C@@H](CCC(N)=O)C(=O)O)C(C)C. The number of carbonyl (C=O) groups is 10. The summed E-state index contributed by atoms with van der Waals surface area (Å²) in [6.45, 7) is 7.27. The number of nitrogens with one attached hydrogen (secondary N) is 7. The van der Waals surface area contributed by atoms with E-state index in [1.807, 2.05) is 0 Å². The van der Waals surface area contributed by atoms with Gasteiger partial charge in [0.15, 0.2) is 5.96 Å². The van der Waals surface area contributed by atoms with Gasteiger partial charge in [0, 0.05) is 25.8 Å². The van der Waals surface area contributed by atoms with E-state index in [1.54, 1.807) is 58.0 Å². The van der Waals surface area contributed by atoms with Crippen molar-refractivity contribution in [3.63, 3.8) is 0 Å². The molecule has 26 nitrogen and oxygen atoms in total. The molecule has 0 heterocycles. The van der Waals surface area contributed by atoms with E-state index in [1.165, 1.54) is 0 Å². The van der Waals surface area contributed by atoms with Crippen LogP contribution in [0.25, 0.3) is 0 Å². The molecule has 0 aliphatic carbocycles. The second-order valence-electron chi connectivity index (χ2n) is 18.5. The number of carboxylic acids is 2. The van der Waals surface area contributed by atoms with Gasteiger partial charge in [-0.05, 0) is 88.3 Å². The second kappa shape index (κ2) is 35.3. The molecule has 8 amide bonds. The first-order chi connectivity index (χ1) is 34.9. The summed E-state index contributed by atoms with van der Waals surface area (Å²) in [4.78, 5) is 136. The smallest absolute Gasteiger partial charge is 0.326 e. The van der Waals surface area contributed by atoms with Gasteiger partial charge < -0.3 is 81.8 Å². The summed E-state index contributed by atoms with van der Waals surface area (Å²) in [5.41, 5.74) is 34.2. The van der Waals surface area contributed by atoms with E-state index >= 15 is 0 Å². The number of nitrogens with zero attached hydrogens (tertiary/aromatic N) is 1. The van der Waals surface area contributed by atoms with Gasteiger partial charge in [-0.25, -0.2) is 4.79 Å². The average molecular weight is 1050 g/mol. The Morgan fingerprint density at radius 3 is 1.51 bits per heavy atom. The van der Waals surface area contributed by atoms with Crippen LogP contribution in [0.3, 0.4) is 0 Å². The Bertz CT molecular complexity index is 2020. The quantitative estimate of drug-likeness (QED) is 0.0180. The molecule has 0 unspecified atom stereocenters. The van der Waals surface area contributed by atoms with Crippen LogP contribution in [0.4, 0.5) is 0 Å². The van der Waals surface area contributed by atoms with E-state index in [4.69, 9.17) is 34.4 Å². The van der Waals surface area contributed by atoms with Crippen molar-refractivity contribution in [1.29, 1.82) is 0 Å². The molecule has 0 spiro atoms. The minimum Gasteiger partial charge on any atom is -0.481 e. The van der Waals surface area contributed by atoms with Gasteiger partial charge in [-0.2, -0.15) is 0 Å². The topological polar surface area (TPSA) is 464 Å². The number of nitrogens with two attached hydrogens (primary N) is 6. The zero-order valence-corrected chi connectivity index (χ0v) is 43.1. The largest absolute Gasteiger partial charge is 0.481 e. The molecular weight excluding hydrogens is 965 g/mol. The standard InChI is InChI=1S/C48H82N14O12/c1-5-28(4)39(46(72)61-38(27(2)3)45(71)59-34(47(73)74)19-21-36(52)63)62-43(69)32(18-13-25-55-48(53)54)57-41(67)31(17-10-12-24-50)58-44(70)35(26-29-14-7-6-8-15-29)60-42(68)33(20-22-37(64)65)56-40(66)30(51)16-9-11-23-49/h6-8,14-15,27-28,30-35,38-39H,5,9-13,16-26,49-51H2,1-4H3,(H2,52,63)(H,56,66)(H,57,67)(H,58,70)(H,59,71)(H,60,68)(H,61,72)(H,62,69)(H,64,65)(H,73,74)(H4,53,54,55)/t28-,30-,31-,32-,33-,34-,35-,38-,39-/m0/s1. The number of amides is 8. The van der Waals surface area contributed by atoms with Gasteiger partial charge in [0.2, 0.25) is 47.3 Å². The Kier molecular flexibility index (Phi) is 31.0. The van der Waals surface area contributed by atoms with Crippen LogP contribution in [0, 0.1) is 11.8 Å². The fraction of sp³-hybridized carbons (Fsp3) is 0.646. The summed E-state index contributed by atoms with van der Waals surface area (Å²) < 4.78 is 0. The summed E-state index contributed by atoms with van der Waals surface area (Å²) in [6.07, 6.45) is 0.907. The molecular formula is C48H82N14O12. The number of benzene rings is 1. The third-order valence-electron chi connectivity index (χ3n) is 12.0. The van der Waals surface area contributed by atoms with Crippen LogP contribution in [0.2, 0.25) is 0 Å². The van der Waals surface area contributed by atoms with Crippen LogP contribution in [0.5, 0.6) is 0 Å². The molecule has 416 valence electrons. The van der Waals surface area contributed by atoms with E-state index in [0.29, 0.717) is 44.2 Å². The van der Waals surface area contributed by atoms with Crippen molar-refractivity contribution in [2.24, 2.45) is 51.2 Å². The third kappa shape index (κ3) is 25.6. The Balaban J connectivity index is 3.62. The number of carboxylic acid groups (broad SMARTS) is 2. The molecule has 0 aromatic heterocycles. The van der Waals surface area contributed by atoms with E-state index in [9.17, 15) is 58.2 Å². The van der Waals surface area contributed by atoms with E-state index < -0.39 is 126 Å². The molecule has 0 saturated heterocycles. The van der Waals surface area contributed by atoms with Crippen molar-refractivity contribution >= 4 is 65.2 Å². The Hall–Kier alpha value is -6.93. The van der Waals surface area contributed by atoms with Gasteiger partial charge in [-0.1, -0.05) is 70.9 Å². The predicted molar refractivity (Wildman–Crippen MR) is 275 cm³/mol. The lowest BCUT2D eigenvalue weighted by Crippen LogP contribution is -2.61. The second-order valence-corrected chi connectivity index (χ2v) is 18.5. The highest BCUT2D eigenvalue weighted by Gasteiger charge is 2.36. The first-order valence-corrected chi connectivity index (χ1v) is 25.1. The van der Waals surface area contributed by atoms with Gasteiger partial charge in [-0.3, -0.25) is 48.1 Å². The molecule has 1 aromatic rings. The van der Waals surface area contributed by atoms with E-state index in [-0.39, 0.29) is 70.4 Å². The number of unbranched alkanes of at least 4 members (excludes halogenated alkanes) is 2. The number of hydrogen-bond acceptors (Lipinski definition) is 14. The maximum Gasteiger partial charge on any atom is 0.326 e. The van der Waals surface area contributed by atoms with Gasteiger partial charge in [0.25, 0.3) is 0 Å². The fourth-order valence-electron chi connectivity index (χ4n) is 7.40. The first-order valence-electron chi connectivity index (χ1n) is 25.1. The lowest BCUT2D eigenvalue weighted by Gasteiger charge is -2.30. The van der Waals surface area contributed by atoms with Crippen LogP contribution < -0.4 is 71.6 Å². The average Bonchev–Trinajstić information content (AvgIpc) is 3.34. The van der Waals surface area contributed by atoms with Crippen LogP contribution >= 0.6 is 0 Å². The maximum atomic E-state index is 14.4. The zero-order chi connectivity index (χ0) is 55.9. The monoisotopic (exact) mass is 1050 g/mol. The molecule has 74 heavy (non-hydrogen) atoms. The van der Waals surface area contributed by atoms with E-state index in [0.717, 1.165) is 0 Å². The number of hydrogen-bond donors (Lipinski definition) is 15. The molecule has 0 radical (unpaired) electrons. The molecule has 0 aliphatic heterocycles. The Morgan fingerprint density at radius 1 is 0.541 bits per heavy atom. The molecule has 26 heteroatoms. The number of aliphatic imine (C=N–C) groups is 1. The predicted octanol–water partition coefficient (Wildman–Crippen LogP) is -2.82. The molecule has 1 aromatic carbocycles. The highest BCUT2D eigenvalue weighted by atomic mass is 16.4. The molecule has 1 rings (SSSR count). The normalized spacial score (nSPS) is 14.7. The van der Waals surface area contributed by atoms with Gasteiger partial charge in [0.1, 0.15) is 42.3 Å². The van der Waals surface area contributed by atoms with Crippen molar-refractivity contribution in [3.05, 3.63) is 35.9 Å². The molecule has 0 bridgehead atoms. The fourth-order valence-corrected chi connectivity index (χ4v) is 7.40. The van der Waals surface area contributed by atoms with Gasteiger partial charge >= 0.3 is 11.9 Å². The highest BCUT2D eigenvalue weighted by Crippen LogP contribution is 2.14. The number of aliphatic carboxylic acids is 2. The lowest BCUT2D eigenvalue weighted by molar-refractivity contribution is -0.143. The molecule has 0 fully saturated rings. The number of primary amides is 1. The van der Waals surface area contributed by atoms with Crippen LogP contribution in [-0.2, 0) is 54.4 Å². The molecule has 9 atom stereocenters. The van der Waals surface area contributed by atoms with Crippen LogP contribution in [0.15, 0.2) is 35.3 Å². The van der Waals surface area contributed by atoms with Crippen LogP contribution in [-0.4, -0.2) is 143 Å². The number of guanidine groups is 1. The summed E-state index contributed by atoms with van der Waals surface area (Å²) >= 11 is 0. The number of rotatable bonds is 38. The summed E-state index contributed by atoms with van der Waals surface area (Å²) in [5.74, 6) is -10.6. The highest BCUT2D eigenvalue weighted by molar-refractivity contribution is 5.98. The Morgan fingerprint density at radius 2 is 1.00 bits per heavy atom. The molecule has 0 aliphatic rings. The van der Waals surface area contributed by atoms with Crippen molar-refractivity contribution in [2.75, 3.05) is 19.6 Å². The maximum absolute atomic E-state index is 14.4. The van der Waals surface area contributed by atoms with Crippen molar-refractivity contribution in [2.45, 2.75) is 166 Å². The minimum atomic E-state index is -1.50. The van der Waals surface area contributed by atoms with Crippen molar-refractivity contribution < 1.29 is 58.2 Å². The number of carbonyl (C=O) groups excluding carboxylic acids is 8. The van der Waals surface area contributed by atoms with Crippen molar-refractivity contribution in [3.8, 4) is 0 Å². The lowest BCUT2D eigenvalue weighted by atomic mass is 9.95. The summed E-state index contributed by atoms with van der Waals surface area (Å²) in [6, 6.07) is -2.14. The van der Waals surface area contributed by atoms with Crippen LogP contribution in [0.1, 0.15) is 117 Å².